The molecule has 15 heavy (non-hydrogen) atoms. The molecule has 0 spiro atoms. The number of halogens is 1. The third-order valence-electron chi connectivity index (χ3n) is 2.65. The fourth-order valence-electron chi connectivity index (χ4n) is 1.48. The summed E-state index contributed by atoms with van der Waals surface area (Å²) in [5.41, 5.74) is 0.384. The van der Waals surface area contributed by atoms with Gasteiger partial charge >= 0.3 is 0 Å². The number of ketones is 1. The van der Waals surface area contributed by atoms with Gasteiger partial charge in [-0.2, -0.15) is 0 Å². The van der Waals surface area contributed by atoms with Crippen molar-refractivity contribution in [2.75, 3.05) is 6.61 Å². The molecule has 80 valence electrons. The van der Waals surface area contributed by atoms with Gasteiger partial charge in [-0.1, -0.05) is 12.1 Å². The van der Waals surface area contributed by atoms with Crippen molar-refractivity contribution in [1.82, 2.24) is 0 Å². The first-order valence-electron chi connectivity index (χ1n) is 5.16. The quantitative estimate of drug-likeness (QED) is 0.711. The van der Waals surface area contributed by atoms with Gasteiger partial charge < -0.3 is 4.74 Å². The molecule has 0 N–H and O–H groups in total. The van der Waals surface area contributed by atoms with Crippen LogP contribution in [-0.2, 0) is 4.74 Å². The van der Waals surface area contributed by atoms with Gasteiger partial charge in [-0.05, 0) is 31.4 Å². The second-order valence-electron chi connectivity index (χ2n) is 3.80. The van der Waals surface area contributed by atoms with Gasteiger partial charge in [0, 0.05) is 5.56 Å². The monoisotopic (exact) mass is 208 g/mol. The standard InChI is InChI=1S/C12H13FO2/c13-10-4-1-3-9(7-10)12(14)8-15-11-5-2-6-11/h1,3-4,7,11H,2,5-6,8H2. The first kappa shape index (κ1) is 10.3. The summed E-state index contributed by atoms with van der Waals surface area (Å²) in [6, 6.07) is 5.71. The molecule has 0 radical (unpaired) electrons. The lowest BCUT2D eigenvalue weighted by atomic mass is 9.96. The van der Waals surface area contributed by atoms with Crippen molar-refractivity contribution in [2.24, 2.45) is 0 Å². The largest absolute Gasteiger partial charge is 0.370 e. The molecular weight excluding hydrogens is 195 g/mol. The van der Waals surface area contributed by atoms with Gasteiger partial charge in [-0.25, -0.2) is 4.39 Å². The van der Waals surface area contributed by atoms with Crippen LogP contribution in [0.3, 0.4) is 0 Å². The normalized spacial score (nSPS) is 16.1. The zero-order valence-electron chi connectivity index (χ0n) is 8.41. The number of ether oxygens (including phenoxy) is 1. The van der Waals surface area contributed by atoms with Gasteiger partial charge in [0.25, 0.3) is 0 Å². The fourth-order valence-corrected chi connectivity index (χ4v) is 1.48. The summed E-state index contributed by atoms with van der Waals surface area (Å²) in [6.45, 7) is 0.0636. The van der Waals surface area contributed by atoms with Crippen molar-refractivity contribution in [3.63, 3.8) is 0 Å². The Labute approximate surface area is 88.1 Å². The Balaban J connectivity index is 1.89. The van der Waals surface area contributed by atoms with Crippen molar-refractivity contribution in [3.8, 4) is 0 Å². The lowest BCUT2D eigenvalue weighted by Crippen LogP contribution is -2.24. The summed E-state index contributed by atoms with van der Waals surface area (Å²) < 4.78 is 18.2. The molecular formula is C12H13FO2. The van der Waals surface area contributed by atoms with Gasteiger partial charge in [0.05, 0.1) is 6.10 Å². The Morgan fingerprint density at radius 1 is 1.47 bits per heavy atom. The van der Waals surface area contributed by atoms with Crippen LogP contribution in [0.2, 0.25) is 0 Å². The van der Waals surface area contributed by atoms with Crippen LogP contribution < -0.4 is 0 Å². The van der Waals surface area contributed by atoms with E-state index in [2.05, 4.69) is 0 Å². The molecule has 1 aromatic rings. The van der Waals surface area contributed by atoms with Crippen LogP contribution in [0.1, 0.15) is 29.6 Å². The van der Waals surface area contributed by atoms with Crippen molar-refractivity contribution < 1.29 is 13.9 Å². The molecule has 1 aromatic carbocycles. The maximum absolute atomic E-state index is 12.8. The third-order valence-corrected chi connectivity index (χ3v) is 2.65. The molecule has 0 aromatic heterocycles. The van der Waals surface area contributed by atoms with Crippen molar-refractivity contribution in [1.29, 1.82) is 0 Å². The molecule has 1 fully saturated rings. The Kier molecular flexibility index (Phi) is 3.11. The lowest BCUT2D eigenvalue weighted by Gasteiger charge is -2.25. The predicted octanol–water partition coefficient (Wildman–Crippen LogP) is 2.58. The van der Waals surface area contributed by atoms with E-state index in [1.165, 1.54) is 24.6 Å². The van der Waals surface area contributed by atoms with Crippen LogP contribution in [0, 0.1) is 5.82 Å². The highest BCUT2D eigenvalue weighted by Gasteiger charge is 2.19. The van der Waals surface area contributed by atoms with E-state index in [0.717, 1.165) is 12.8 Å². The molecule has 2 nitrogen and oxygen atoms in total. The molecule has 0 aliphatic heterocycles. The summed E-state index contributed by atoms with van der Waals surface area (Å²) in [7, 11) is 0. The molecule has 2 rings (SSSR count). The van der Waals surface area contributed by atoms with E-state index >= 15 is 0 Å². The van der Waals surface area contributed by atoms with Crippen LogP contribution in [0.25, 0.3) is 0 Å². The maximum Gasteiger partial charge on any atom is 0.188 e. The van der Waals surface area contributed by atoms with E-state index in [0.29, 0.717) is 5.56 Å². The number of hydrogen-bond acceptors (Lipinski definition) is 2. The van der Waals surface area contributed by atoms with E-state index in [4.69, 9.17) is 4.74 Å². The summed E-state index contributed by atoms with van der Waals surface area (Å²) in [5, 5.41) is 0. The number of benzene rings is 1. The highest BCUT2D eigenvalue weighted by molar-refractivity contribution is 5.97. The van der Waals surface area contributed by atoms with E-state index in [-0.39, 0.29) is 24.3 Å². The smallest absolute Gasteiger partial charge is 0.188 e. The molecule has 0 atom stereocenters. The van der Waals surface area contributed by atoms with E-state index in [1.54, 1.807) is 6.07 Å². The second-order valence-corrected chi connectivity index (χ2v) is 3.80. The molecule has 0 saturated heterocycles. The predicted molar refractivity (Wildman–Crippen MR) is 54.3 cm³/mol. The summed E-state index contributed by atoms with van der Waals surface area (Å²) in [6.07, 6.45) is 3.49. The number of carbonyl (C=O) groups is 1. The number of hydrogen-bond donors (Lipinski definition) is 0. The van der Waals surface area contributed by atoms with Crippen LogP contribution in [-0.4, -0.2) is 18.5 Å². The summed E-state index contributed by atoms with van der Waals surface area (Å²) in [4.78, 5) is 11.5. The van der Waals surface area contributed by atoms with Crippen LogP contribution >= 0.6 is 0 Å². The minimum absolute atomic E-state index is 0.0636. The summed E-state index contributed by atoms with van der Waals surface area (Å²) >= 11 is 0. The molecule has 0 bridgehead atoms. The Morgan fingerprint density at radius 2 is 2.27 bits per heavy atom. The minimum atomic E-state index is -0.385. The van der Waals surface area contributed by atoms with Gasteiger partial charge in [0.15, 0.2) is 5.78 Å². The van der Waals surface area contributed by atoms with Crippen molar-refractivity contribution in [3.05, 3.63) is 35.6 Å². The van der Waals surface area contributed by atoms with Crippen LogP contribution in [0.15, 0.2) is 24.3 Å². The first-order chi connectivity index (χ1) is 7.25. The van der Waals surface area contributed by atoms with E-state index < -0.39 is 0 Å². The second kappa shape index (κ2) is 4.53. The van der Waals surface area contributed by atoms with Gasteiger partial charge in [0.1, 0.15) is 12.4 Å². The minimum Gasteiger partial charge on any atom is -0.370 e. The van der Waals surface area contributed by atoms with Gasteiger partial charge in [-0.3, -0.25) is 4.79 Å². The number of carbonyl (C=O) groups excluding carboxylic acids is 1. The molecule has 0 unspecified atom stereocenters. The molecule has 0 heterocycles. The van der Waals surface area contributed by atoms with Gasteiger partial charge in [0.2, 0.25) is 0 Å². The number of rotatable bonds is 4. The first-order valence-corrected chi connectivity index (χ1v) is 5.16. The number of Topliss-reactive ketones (excluding diaryl/α,β-unsaturated/α-hetero) is 1. The third kappa shape index (κ3) is 2.63. The SMILES string of the molecule is O=C(COC1CCC1)c1cccc(F)c1. The average molecular weight is 208 g/mol. The molecule has 1 saturated carbocycles. The van der Waals surface area contributed by atoms with Crippen LogP contribution in [0.4, 0.5) is 4.39 Å². The van der Waals surface area contributed by atoms with Crippen molar-refractivity contribution >= 4 is 5.78 Å². The maximum atomic E-state index is 12.8. The van der Waals surface area contributed by atoms with E-state index in [1.807, 2.05) is 0 Å². The lowest BCUT2D eigenvalue weighted by molar-refractivity contribution is 0.00730. The van der Waals surface area contributed by atoms with Gasteiger partial charge in [-0.15, -0.1) is 0 Å². The average Bonchev–Trinajstić information content (AvgIpc) is 2.15. The Bertz CT molecular complexity index is 358. The topological polar surface area (TPSA) is 26.3 Å². The Morgan fingerprint density at radius 3 is 2.87 bits per heavy atom. The zero-order valence-corrected chi connectivity index (χ0v) is 8.41. The molecule has 1 aliphatic carbocycles. The highest BCUT2D eigenvalue weighted by atomic mass is 19.1. The zero-order chi connectivity index (χ0) is 10.7. The summed E-state index contributed by atoms with van der Waals surface area (Å²) in [5.74, 6) is -0.536. The molecule has 1 aliphatic rings. The molecule has 3 heteroatoms. The Hall–Kier alpha value is -1.22. The van der Waals surface area contributed by atoms with Crippen molar-refractivity contribution in [2.45, 2.75) is 25.4 Å². The van der Waals surface area contributed by atoms with Crippen LogP contribution in [0.5, 0.6) is 0 Å². The highest BCUT2D eigenvalue weighted by Crippen LogP contribution is 2.21. The van der Waals surface area contributed by atoms with E-state index in [9.17, 15) is 9.18 Å². The fraction of sp³-hybridized carbons (Fsp3) is 0.417. The molecule has 0 amide bonds.